The lowest BCUT2D eigenvalue weighted by Crippen LogP contribution is -1.84. The Hall–Kier alpha value is -1.37. The molecule has 0 heterocycles. The van der Waals surface area contributed by atoms with Gasteiger partial charge in [0, 0.05) is 12.8 Å². The van der Waals surface area contributed by atoms with Crippen molar-refractivity contribution in [1.29, 1.82) is 0 Å². The predicted molar refractivity (Wildman–Crippen MR) is 93.6 cm³/mol. The van der Waals surface area contributed by atoms with Crippen LogP contribution in [0, 0.1) is 0 Å². The van der Waals surface area contributed by atoms with Gasteiger partial charge in [0.25, 0.3) is 0 Å². The van der Waals surface area contributed by atoms with E-state index in [2.05, 4.69) is 51.1 Å². The summed E-state index contributed by atoms with van der Waals surface area (Å²) in [5, 5.41) is 0. The lowest BCUT2D eigenvalue weighted by molar-refractivity contribution is 0.810. The monoisotopic (exact) mass is 273 g/mol. The first kappa shape index (κ1) is 18.6. The summed E-state index contributed by atoms with van der Waals surface area (Å²) in [4.78, 5) is 4.41. The van der Waals surface area contributed by atoms with Crippen molar-refractivity contribution < 1.29 is 0 Å². The first-order valence-corrected chi connectivity index (χ1v) is 7.72. The van der Waals surface area contributed by atoms with Gasteiger partial charge >= 0.3 is 0 Å². The van der Waals surface area contributed by atoms with Crippen LogP contribution in [0.3, 0.4) is 0 Å². The minimum Gasteiger partial charge on any atom is -0.293 e. The standard InChI is InChI=1S/C19H31N/c1-6-8-15-20-16-19(5)14-10-13-18(4)12-9-11-17(3)7-2/h7,12,14,16H,2-3,6,8-11,13,15H2,1,4-5H3. The van der Waals surface area contributed by atoms with E-state index >= 15 is 0 Å². The number of nitrogens with zero attached hydrogens (tertiary/aromatic N) is 1. The SMILES string of the molecule is C=CC(=C)CCC=C(C)CCC=C(C)C=NCCCC. The maximum absolute atomic E-state index is 4.41. The van der Waals surface area contributed by atoms with Gasteiger partial charge in [0.15, 0.2) is 0 Å². The van der Waals surface area contributed by atoms with E-state index < -0.39 is 0 Å². The molecule has 0 radical (unpaired) electrons. The fourth-order valence-corrected chi connectivity index (χ4v) is 1.75. The number of rotatable bonds is 11. The van der Waals surface area contributed by atoms with Crippen molar-refractivity contribution in [3.05, 3.63) is 48.1 Å². The van der Waals surface area contributed by atoms with E-state index in [0.717, 1.165) is 37.8 Å². The van der Waals surface area contributed by atoms with Crippen LogP contribution in [-0.2, 0) is 0 Å². The van der Waals surface area contributed by atoms with Gasteiger partial charge in [0.2, 0.25) is 0 Å². The van der Waals surface area contributed by atoms with Gasteiger partial charge in [-0.15, -0.1) is 0 Å². The second-order valence-electron chi connectivity index (χ2n) is 5.33. The van der Waals surface area contributed by atoms with Gasteiger partial charge in [0.1, 0.15) is 0 Å². The molecule has 0 rings (SSSR count). The van der Waals surface area contributed by atoms with Crippen molar-refractivity contribution in [3.8, 4) is 0 Å². The van der Waals surface area contributed by atoms with Crippen molar-refractivity contribution in [1.82, 2.24) is 0 Å². The van der Waals surface area contributed by atoms with Crippen molar-refractivity contribution in [3.63, 3.8) is 0 Å². The fraction of sp³-hybridized carbons (Fsp3) is 0.526. The van der Waals surface area contributed by atoms with Crippen molar-refractivity contribution in [2.75, 3.05) is 6.54 Å². The van der Waals surface area contributed by atoms with Crippen LogP contribution in [0.25, 0.3) is 0 Å². The molecule has 0 bridgehead atoms. The molecule has 0 aromatic carbocycles. The maximum atomic E-state index is 4.41. The van der Waals surface area contributed by atoms with Crippen LogP contribution in [0.4, 0.5) is 0 Å². The van der Waals surface area contributed by atoms with Crippen LogP contribution in [0.15, 0.2) is 53.1 Å². The Labute approximate surface area is 125 Å². The molecular formula is C19H31N. The first-order chi connectivity index (χ1) is 9.60. The summed E-state index contributed by atoms with van der Waals surface area (Å²) in [7, 11) is 0. The highest BCUT2D eigenvalue weighted by atomic mass is 14.7. The fourth-order valence-electron chi connectivity index (χ4n) is 1.75. The molecule has 112 valence electrons. The average Bonchev–Trinajstić information content (AvgIpc) is 2.43. The van der Waals surface area contributed by atoms with Crippen LogP contribution in [0.5, 0.6) is 0 Å². The maximum Gasteiger partial charge on any atom is 0.0389 e. The van der Waals surface area contributed by atoms with Crippen molar-refractivity contribution >= 4 is 6.21 Å². The van der Waals surface area contributed by atoms with E-state index in [1.807, 2.05) is 12.3 Å². The summed E-state index contributed by atoms with van der Waals surface area (Å²) in [5.74, 6) is 0. The molecule has 0 atom stereocenters. The summed E-state index contributed by atoms with van der Waals surface area (Å²) < 4.78 is 0. The third kappa shape index (κ3) is 11.7. The second kappa shape index (κ2) is 12.7. The van der Waals surface area contributed by atoms with E-state index in [1.165, 1.54) is 24.0 Å². The molecule has 0 saturated carbocycles. The highest BCUT2D eigenvalue weighted by Crippen LogP contribution is 2.10. The third-order valence-electron chi connectivity index (χ3n) is 3.19. The van der Waals surface area contributed by atoms with Gasteiger partial charge in [-0.2, -0.15) is 0 Å². The highest BCUT2D eigenvalue weighted by molar-refractivity contribution is 5.77. The molecule has 0 aromatic heterocycles. The van der Waals surface area contributed by atoms with E-state index in [-0.39, 0.29) is 0 Å². The van der Waals surface area contributed by atoms with Gasteiger partial charge in [-0.3, -0.25) is 4.99 Å². The number of hydrogen-bond donors (Lipinski definition) is 0. The Morgan fingerprint density at radius 2 is 1.80 bits per heavy atom. The molecule has 0 spiro atoms. The quantitative estimate of drug-likeness (QED) is 0.188. The van der Waals surface area contributed by atoms with Gasteiger partial charge in [-0.05, 0) is 51.5 Å². The third-order valence-corrected chi connectivity index (χ3v) is 3.19. The smallest absolute Gasteiger partial charge is 0.0389 e. The molecule has 0 aliphatic rings. The van der Waals surface area contributed by atoms with Crippen LogP contribution >= 0.6 is 0 Å². The molecule has 0 amide bonds. The molecule has 0 fully saturated rings. The zero-order valence-corrected chi connectivity index (χ0v) is 13.6. The zero-order valence-electron chi connectivity index (χ0n) is 13.6. The van der Waals surface area contributed by atoms with Crippen molar-refractivity contribution in [2.24, 2.45) is 4.99 Å². The molecule has 1 nitrogen and oxygen atoms in total. The highest BCUT2D eigenvalue weighted by Gasteiger charge is 1.91. The molecule has 0 aliphatic carbocycles. The zero-order chi connectivity index (χ0) is 15.2. The Kier molecular flexibility index (Phi) is 11.8. The summed E-state index contributed by atoms with van der Waals surface area (Å²) in [6, 6.07) is 0. The van der Waals surface area contributed by atoms with E-state index in [9.17, 15) is 0 Å². The van der Waals surface area contributed by atoms with Crippen LogP contribution in [-0.4, -0.2) is 12.8 Å². The molecule has 0 saturated heterocycles. The number of aliphatic imine (C=N–C) groups is 1. The number of allylic oxidation sites excluding steroid dienone is 6. The molecule has 0 unspecified atom stereocenters. The van der Waals surface area contributed by atoms with Crippen LogP contribution in [0.1, 0.15) is 59.3 Å². The molecule has 0 aliphatic heterocycles. The van der Waals surface area contributed by atoms with Gasteiger partial charge in [-0.25, -0.2) is 0 Å². The topological polar surface area (TPSA) is 12.4 Å². The minimum absolute atomic E-state index is 0.952. The van der Waals surface area contributed by atoms with Gasteiger partial charge in [-0.1, -0.05) is 55.9 Å². The minimum atomic E-state index is 0.952. The number of hydrogen-bond acceptors (Lipinski definition) is 1. The molecule has 1 heteroatoms. The molecule has 20 heavy (non-hydrogen) atoms. The molecule has 0 N–H and O–H groups in total. The Balaban J connectivity index is 3.90. The van der Waals surface area contributed by atoms with Gasteiger partial charge < -0.3 is 0 Å². The van der Waals surface area contributed by atoms with Crippen molar-refractivity contribution in [2.45, 2.75) is 59.3 Å². The Morgan fingerprint density at radius 1 is 1.10 bits per heavy atom. The summed E-state index contributed by atoms with van der Waals surface area (Å²) >= 11 is 0. The first-order valence-electron chi connectivity index (χ1n) is 7.72. The predicted octanol–water partition coefficient (Wildman–Crippen LogP) is 6.05. The molecular weight excluding hydrogens is 242 g/mol. The lowest BCUT2D eigenvalue weighted by atomic mass is 10.1. The number of unbranched alkanes of at least 4 members (excludes halogenated alkanes) is 1. The van der Waals surface area contributed by atoms with E-state index in [1.54, 1.807) is 0 Å². The second-order valence-corrected chi connectivity index (χ2v) is 5.33. The van der Waals surface area contributed by atoms with Crippen LogP contribution < -0.4 is 0 Å². The average molecular weight is 273 g/mol. The van der Waals surface area contributed by atoms with Crippen LogP contribution in [0.2, 0.25) is 0 Å². The summed E-state index contributed by atoms with van der Waals surface area (Å²) in [6.07, 6.45) is 15.1. The molecule has 0 aromatic rings. The largest absolute Gasteiger partial charge is 0.293 e. The Morgan fingerprint density at radius 3 is 2.45 bits per heavy atom. The lowest BCUT2D eigenvalue weighted by Gasteiger charge is -2.00. The van der Waals surface area contributed by atoms with E-state index in [4.69, 9.17) is 0 Å². The Bertz CT molecular complexity index is 369. The normalized spacial score (nSPS) is 12.9. The summed E-state index contributed by atoms with van der Waals surface area (Å²) in [5.41, 5.74) is 3.84. The van der Waals surface area contributed by atoms with E-state index in [0.29, 0.717) is 0 Å². The van der Waals surface area contributed by atoms with Gasteiger partial charge in [0.05, 0.1) is 0 Å². The summed E-state index contributed by atoms with van der Waals surface area (Å²) in [6.45, 7) is 15.1.